The van der Waals surface area contributed by atoms with Gasteiger partial charge in [0.05, 0.1) is 46.2 Å². The number of carbonyl (C=O) groups excluding carboxylic acids is 1. The number of benzene rings is 5. The zero-order chi connectivity index (χ0) is 47.9. The van der Waals surface area contributed by atoms with Crippen molar-refractivity contribution < 1.29 is 57.0 Å². The largest absolute Gasteiger partial charge is 0.454 e. The lowest BCUT2D eigenvalue weighted by Crippen LogP contribution is -2.64. The smallest absolute Gasteiger partial charge is 0.303 e. The van der Waals surface area contributed by atoms with E-state index < -0.39 is 75.7 Å². The topological polar surface area (TPSA) is 130 Å². The minimum Gasteiger partial charge on any atom is -0.454 e. The average molecular weight is 949 g/mol. The first-order valence-corrected chi connectivity index (χ1v) is 26.4. The molecular formula is C55H68O12Si. The van der Waals surface area contributed by atoms with Gasteiger partial charge in [-0.15, -0.1) is 0 Å². The Bertz CT molecular complexity index is 2210. The predicted molar refractivity (Wildman–Crippen MR) is 259 cm³/mol. The molecule has 2 aliphatic heterocycles. The van der Waals surface area contributed by atoms with Gasteiger partial charge in [0, 0.05) is 6.92 Å². The number of rotatable bonds is 22. The van der Waals surface area contributed by atoms with E-state index in [-0.39, 0.29) is 51.3 Å². The summed E-state index contributed by atoms with van der Waals surface area (Å²) in [6.45, 7) is 13.3. The van der Waals surface area contributed by atoms with E-state index in [1.165, 1.54) is 6.92 Å². The van der Waals surface area contributed by atoms with Crippen LogP contribution in [0.3, 0.4) is 0 Å². The molecule has 2 fully saturated rings. The third kappa shape index (κ3) is 14.5. The van der Waals surface area contributed by atoms with Gasteiger partial charge in [0.25, 0.3) is 0 Å². The van der Waals surface area contributed by atoms with E-state index in [0.29, 0.717) is 0 Å². The van der Waals surface area contributed by atoms with E-state index in [1.54, 1.807) is 0 Å². The Morgan fingerprint density at radius 2 is 0.824 bits per heavy atom. The summed E-state index contributed by atoms with van der Waals surface area (Å²) in [5.74, 6) is -0.556. The molecule has 2 aliphatic rings. The molecule has 2 saturated heterocycles. The summed E-state index contributed by atoms with van der Waals surface area (Å²) in [6, 6.07) is 48.9. The van der Waals surface area contributed by atoms with Gasteiger partial charge in [-0.25, -0.2) is 0 Å². The van der Waals surface area contributed by atoms with E-state index in [1.807, 2.05) is 152 Å². The van der Waals surface area contributed by atoms with Crippen LogP contribution < -0.4 is 0 Å². The second-order valence-corrected chi connectivity index (χ2v) is 23.7. The molecule has 0 bridgehead atoms. The van der Waals surface area contributed by atoms with E-state index in [9.17, 15) is 9.90 Å². The minimum absolute atomic E-state index is 0.100. The van der Waals surface area contributed by atoms with Crippen LogP contribution in [0.2, 0.25) is 18.1 Å². The Labute approximate surface area is 402 Å². The number of hydrogen-bond donors (Lipinski definition) is 1. The van der Waals surface area contributed by atoms with Crippen LogP contribution in [0.1, 0.15) is 55.5 Å². The number of aliphatic hydroxyl groups excluding tert-OH is 1. The van der Waals surface area contributed by atoms with Gasteiger partial charge in [0.2, 0.25) is 0 Å². The van der Waals surface area contributed by atoms with Gasteiger partial charge in [-0.05, 0) is 45.9 Å². The predicted octanol–water partition coefficient (Wildman–Crippen LogP) is 9.33. The maximum atomic E-state index is 13.1. The Morgan fingerprint density at radius 1 is 0.485 bits per heavy atom. The van der Waals surface area contributed by atoms with Crippen LogP contribution in [0.15, 0.2) is 152 Å². The average Bonchev–Trinajstić information content (AvgIpc) is 3.34. The first-order valence-electron chi connectivity index (χ1n) is 23.5. The normalized spacial score (nSPS) is 25.5. The van der Waals surface area contributed by atoms with Crippen molar-refractivity contribution in [2.75, 3.05) is 13.2 Å². The van der Waals surface area contributed by atoms with Gasteiger partial charge in [-0.2, -0.15) is 0 Å². The Kier molecular flexibility index (Phi) is 18.7. The molecule has 7 rings (SSSR count). The molecule has 0 unspecified atom stereocenters. The van der Waals surface area contributed by atoms with Gasteiger partial charge < -0.3 is 52.2 Å². The number of aliphatic hydroxyl groups is 1. The van der Waals surface area contributed by atoms with Crippen molar-refractivity contribution in [3.8, 4) is 0 Å². The molecule has 0 aromatic heterocycles. The number of hydrogen-bond acceptors (Lipinski definition) is 12. The Balaban J connectivity index is 1.21. The second-order valence-electron chi connectivity index (χ2n) is 18.9. The summed E-state index contributed by atoms with van der Waals surface area (Å²) in [6.07, 6.45) is -9.66. The molecule has 13 heteroatoms. The Morgan fingerprint density at radius 3 is 1.19 bits per heavy atom. The maximum absolute atomic E-state index is 13.1. The summed E-state index contributed by atoms with van der Waals surface area (Å²) in [7, 11) is -2.33. The van der Waals surface area contributed by atoms with Crippen molar-refractivity contribution in [1.29, 1.82) is 0 Å². The van der Waals surface area contributed by atoms with Crippen molar-refractivity contribution >= 4 is 14.3 Å². The summed E-state index contributed by atoms with van der Waals surface area (Å²) in [4.78, 5) is 13.1. The fourth-order valence-corrected chi connectivity index (χ4v) is 9.00. The third-order valence-electron chi connectivity index (χ3n) is 12.8. The van der Waals surface area contributed by atoms with Crippen LogP contribution in [-0.2, 0) is 84.9 Å². The van der Waals surface area contributed by atoms with Crippen LogP contribution in [0.5, 0.6) is 0 Å². The molecule has 10 atom stereocenters. The van der Waals surface area contributed by atoms with Crippen molar-refractivity contribution in [2.24, 2.45) is 0 Å². The number of carbonyl (C=O) groups is 1. The van der Waals surface area contributed by atoms with Gasteiger partial charge in [-0.3, -0.25) is 4.79 Å². The monoisotopic (exact) mass is 948 g/mol. The fraction of sp³-hybridized carbons (Fsp3) is 0.436. The van der Waals surface area contributed by atoms with Gasteiger partial charge in [0.1, 0.15) is 42.7 Å². The molecule has 68 heavy (non-hydrogen) atoms. The van der Waals surface area contributed by atoms with Crippen molar-refractivity contribution in [2.45, 2.75) is 140 Å². The first-order chi connectivity index (χ1) is 32.8. The van der Waals surface area contributed by atoms with Gasteiger partial charge >= 0.3 is 5.97 Å². The summed E-state index contributed by atoms with van der Waals surface area (Å²) < 4.78 is 66.6. The van der Waals surface area contributed by atoms with E-state index in [2.05, 4.69) is 33.9 Å². The van der Waals surface area contributed by atoms with Crippen LogP contribution in [-0.4, -0.2) is 94.0 Å². The van der Waals surface area contributed by atoms with Gasteiger partial charge in [0.15, 0.2) is 27.0 Å². The molecule has 2 heterocycles. The lowest BCUT2D eigenvalue weighted by molar-refractivity contribution is -0.343. The molecule has 0 amide bonds. The zero-order valence-electron chi connectivity index (χ0n) is 40.1. The molecule has 5 aromatic rings. The molecular weight excluding hydrogens is 881 g/mol. The van der Waals surface area contributed by atoms with E-state index in [4.69, 9.17) is 47.1 Å². The second kappa shape index (κ2) is 24.8. The van der Waals surface area contributed by atoms with Crippen molar-refractivity contribution in [3.05, 3.63) is 179 Å². The highest BCUT2D eigenvalue weighted by molar-refractivity contribution is 6.74. The van der Waals surface area contributed by atoms with E-state index >= 15 is 0 Å². The quantitative estimate of drug-likeness (QED) is 0.0525. The molecule has 0 saturated carbocycles. The highest BCUT2D eigenvalue weighted by Gasteiger charge is 2.53. The molecule has 364 valence electrons. The number of esters is 1. The van der Waals surface area contributed by atoms with E-state index in [0.717, 1.165) is 27.8 Å². The minimum atomic E-state index is -2.33. The fourth-order valence-electron chi connectivity index (χ4n) is 7.98. The van der Waals surface area contributed by atoms with Crippen LogP contribution in [0.4, 0.5) is 0 Å². The summed E-state index contributed by atoms with van der Waals surface area (Å²) in [5.41, 5.74) is 4.65. The third-order valence-corrected chi connectivity index (χ3v) is 17.3. The van der Waals surface area contributed by atoms with Crippen LogP contribution in [0, 0.1) is 0 Å². The highest BCUT2D eigenvalue weighted by atomic mass is 28.4. The summed E-state index contributed by atoms with van der Waals surface area (Å²) >= 11 is 0. The van der Waals surface area contributed by atoms with Gasteiger partial charge in [-0.1, -0.05) is 172 Å². The molecule has 1 N–H and O–H groups in total. The standard InChI is InChI=1S/C55H68O12Si/c1-39(56)65-52-50(61-35-43-28-18-10-19-29-43)48(59-33-41-24-14-8-15-25-41)46(38-64-68(5,6)55(2,3)4)67-54(52)63-37-45-47(58-32-40-22-12-7-13-23-40)49(60-34-42-26-16-9-17-27-42)51(53(57)66-45)62-36-44-30-20-11-21-31-44/h7-31,45-54,57H,32-38H2,1-6H3/t45-,46-,47-,48-,49+,50+,51-,52+,53-,54+/m1/s1. The number of ether oxygens (including phenoxy) is 9. The lowest BCUT2D eigenvalue weighted by atomic mass is 9.97. The molecule has 12 nitrogen and oxygen atoms in total. The molecule has 5 aromatic carbocycles. The highest BCUT2D eigenvalue weighted by Crippen LogP contribution is 2.39. The van der Waals surface area contributed by atoms with Crippen LogP contribution >= 0.6 is 0 Å². The molecule has 0 spiro atoms. The SMILES string of the molecule is CC(=O)O[C@@H]1[C@@H](OC[C@H]2O[C@@H](O)[C@H](OCc3ccccc3)[C@@H](OCc3ccccc3)[C@@H]2OCc2ccccc2)O[C@H](CO[Si](C)(C)C(C)(C)C)[C@@H](OCc2ccccc2)[C@@H]1OCc1ccccc1. The molecule has 0 aliphatic carbocycles. The molecule has 0 radical (unpaired) electrons. The zero-order valence-corrected chi connectivity index (χ0v) is 41.1. The first kappa shape index (κ1) is 51.2. The summed E-state index contributed by atoms with van der Waals surface area (Å²) in [5, 5.41) is 11.8. The maximum Gasteiger partial charge on any atom is 0.303 e. The Hall–Kier alpha value is -4.61. The lowest BCUT2D eigenvalue weighted by Gasteiger charge is -2.48. The van der Waals surface area contributed by atoms with Crippen LogP contribution in [0.25, 0.3) is 0 Å². The van der Waals surface area contributed by atoms with Crippen molar-refractivity contribution in [1.82, 2.24) is 0 Å². The van der Waals surface area contributed by atoms with Crippen molar-refractivity contribution in [3.63, 3.8) is 0 Å².